The van der Waals surface area contributed by atoms with Crippen molar-refractivity contribution < 1.29 is 13.0 Å². The van der Waals surface area contributed by atoms with E-state index in [4.69, 9.17) is 10.3 Å². The van der Waals surface area contributed by atoms with Gasteiger partial charge in [-0.15, -0.1) is 0 Å². The zero-order valence-electron chi connectivity index (χ0n) is 8.87. The Labute approximate surface area is 99.5 Å². The highest BCUT2D eigenvalue weighted by Crippen LogP contribution is 2.28. The lowest BCUT2D eigenvalue weighted by Crippen LogP contribution is -2.01. The molecular weight excluding hydrogens is 238 g/mol. The van der Waals surface area contributed by atoms with Gasteiger partial charge in [-0.1, -0.05) is 30.3 Å². The molecule has 0 aromatic heterocycles. The number of hydrogen-bond donors (Lipinski definition) is 2. The molecule has 5 heteroatoms. The van der Waals surface area contributed by atoms with Gasteiger partial charge in [0.25, 0.3) is 10.1 Å². The highest BCUT2D eigenvalue weighted by atomic mass is 32.2. The van der Waals surface area contributed by atoms with Gasteiger partial charge < -0.3 is 5.73 Å². The lowest BCUT2D eigenvalue weighted by molar-refractivity contribution is 0.483. The second-order valence-electron chi connectivity index (χ2n) is 3.60. The molecule has 0 atom stereocenters. The maximum absolute atomic E-state index is 11.3. The van der Waals surface area contributed by atoms with Gasteiger partial charge in [0.1, 0.15) is 4.90 Å². The molecule has 0 aliphatic rings. The smallest absolute Gasteiger partial charge is 0.295 e. The van der Waals surface area contributed by atoms with Crippen LogP contribution in [0.2, 0.25) is 0 Å². The predicted molar refractivity (Wildman–Crippen MR) is 66.1 cm³/mol. The normalized spacial score (nSPS) is 11.4. The van der Waals surface area contributed by atoms with Crippen LogP contribution in [0.3, 0.4) is 0 Å². The Balaban J connectivity index is 2.72. The van der Waals surface area contributed by atoms with E-state index in [-0.39, 0.29) is 4.90 Å². The molecule has 0 aliphatic carbocycles. The molecule has 2 aromatic rings. The number of rotatable bonds is 2. The van der Waals surface area contributed by atoms with Crippen molar-refractivity contribution in [2.75, 3.05) is 5.73 Å². The zero-order valence-corrected chi connectivity index (χ0v) is 9.68. The van der Waals surface area contributed by atoms with Gasteiger partial charge in [0.2, 0.25) is 0 Å². The van der Waals surface area contributed by atoms with E-state index in [0.29, 0.717) is 16.8 Å². The van der Waals surface area contributed by atoms with E-state index in [1.165, 1.54) is 18.2 Å². The van der Waals surface area contributed by atoms with Crippen molar-refractivity contribution in [2.45, 2.75) is 4.90 Å². The quantitative estimate of drug-likeness (QED) is 0.631. The molecule has 0 unspecified atom stereocenters. The lowest BCUT2D eigenvalue weighted by Gasteiger charge is -2.08. The molecule has 0 saturated carbocycles. The Morgan fingerprint density at radius 1 is 1.00 bits per heavy atom. The standard InChI is InChI=1S/C12H11NO3S/c13-10-6-7-12(17(14,15)16)11(8-10)9-4-2-1-3-5-9/h1-8H,13H2,(H,14,15,16). The van der Waals surface area contributed by atoms with E-state index in [0.717, 1.165) is 0 Å². The van der Waals surface area contributed by atoms with Crippen LogP contribution in [0.1, 0.15) is 0 Å². The minimum atomic E-state index is -4.25. The fourth-order valence-electron chi connectivity index (χ4n) is 1.62. The Bertz CT molecular complexity index is 636. The molecule has 2 aromatic carbocycles. The maximum atomic E-state index is 11.3. The van der Waals surface area contributed by atoms with Crippen LogP contribution in [0, 0.1) is 0 Å². The Kier molecular flexibility index (Phi) is 2.87. The third-order valence-electron chi connectivity index (χ3n) is 2.37. The van der Waals surface area contributed by atoms with Crippen LogP contribution in [0.4, 0.5) is 5.69 Å². The first-order chi connectivity index (χ1) is 7.98. The van der Waals surface area contributed by atoms with Gasteiger partial charge in [-0.2, -0.15) is 8.42 Å². The van der Waals surface area contributed by atoms with Crippen molar-refractivity contribution in [3.63, 3.8) is 0 Å². The van der Waals surface area contributed by atoms with Gasteiger partial charge >= 0.3 is 0 Å². The Hall–Kier alpha value is -1.85. The molecule has 0 saturated heterocycles. The van der Waals surface area contributed by atoms with Crippen molar-refractivity contribution in [3.05, 3.63) is 48.5 Å². The summed E-state index contributed by atoms with van der Waals surface area (Å²) in [6.07, 6.45) is 0. The summed E-state index contributed by atoms with van der Waals surface area (Å²) in [4.78, 5) is -0.141. The van der Waals surface area contributed by atoms with Gasteiger partial charge in [0.15, 0.2) is 0 Å². The summed E-state index contributed by atoms with van der Waals surface area (Å²) in [6.45, 7) is 0. The van der Waals surface area contributed by atoms with E-state index >= 15 is 0 Å². The summed E-state index contributed by atoms with van der Waals surface area (Å²) in [5.41, 5.74) is 7.16. The fourth-order valence-corrected chi connectivity index (χ4v) is 2.31. The van der Waals surface area contributed by atoms with Gasteiger partial charge in [-0.3, -0.25) is 4.55 Å². The van der Waals surface area contributed by atoms with E-state index in [1.54, 1.807) is 24.3 Å². The number of anilines is 1. The first-order valence-electron chi connectivity index (χ1n) is 4.91. The third kappa shape index (κ3) is 2.46. The largest absolute Gasteiger partial charge is 0.399 e. The van der Waals surface area contributed by atoms with Gasteiger partial charge in [0, 0.05) is 11.3 Å². The lowest BCUT2D eigenvalue weighted by atomic mass is 10.1. The van der Waals surface area contributed by atoms with Crippen molar-refractivity contribution >= 4 is 15.8 Å². The Morgan fingerprint density at radius 2 is 1.65 bits per heavy atom. The van der Waals surface area contributed by atoms with Crippen LogP contribution in [0.5, 0.6) is 0 Å². The van der Waals surface area contributed by atoms with Crippen LogP contribution >= 0.6 is 0 Å². The van der Waals surface area contributed by atoms with E-state index < -0.39 is 10.1 Å². The monoisotopic (exact) mass is 249 g/mol. The van der Waals surface area contributed by atoms with E-state index in [1.807, 2.05) is 6.07 Å². The topological polar surface area (TPSA) is 80.4 Å². The summed E-state index contributed by atoms with van der Waals surface area (Å²) in [6, 6.07) is 13.2. The molecule has 0 amide bonds. The zero-order chi connectivity index (χ0) is 12.5. The summed E-state index contributed by atoms with van der Waals surface area (Å²) < 4.78 is 31.7. The minimum absolute atomic E-state index is 0.141. The van der Waals surface area contributed by atoms with E-state index in [2.05, 4.69) is 0 Å². The molecule has 2 rings (SSSR count). The summed E-state index contributed by atoms with van der Waals surface area (Å²) in [5.74, 6) is 0. The van der Waals surface area contributed by atoms with Gasteiger partial charge in [0.05, 0.1) is 0 Å². The fraction of sp³-hybridized carbons (Fsp3) is 0. The highest BCUT2D eigenvalue weighted by molar-refractivity contribution is 7.86. The summed E-state index contributed by atoms with van der Waals surface area (Å²) >= 11 is 0. The molecule has 0 heterocycles. The van der Waals surface area contributed by atoms with Crippen LogP contribution in [0.15, 0.2) is 53.4 Å². The Morgan fingerprint density at radius 3 is 2.24 bits per heavy atom. The van der Waals surface area contributed by atoms with Crippen LogP contribution in [-0.4, -0.2) is 13.0 Å². The first kappa shape index (κ1) is 11.6. The van der Waals surface area contributed by atoms with Gasteiger partial charge in [-0.25, -0.2) is 0 Å². The van der Waals surface area contributed by atoms with Crippen molar-refractivity contribution in [1.82, 2.24) is 0 Å². The second-order valence-corrected chi connectivity index (χ2v) is 4.99. The molecule has 4 nitrogen and oxygen atoms in total. The molecule has 0 bridgehead atoms. The third-order valence-corrected chi connectivity index (χ3v) is 3.28. The summed E-state index contributed by atoms with van der Waals surface area (Å²) in [7, 11) is -4.25. The molecule has 17 heavy (non-hydrogen) atoms. The number of nitrogens with two attached hydrogens (primary N) is 1. The second kappa shape index (κ2) is 4.20. The van der Waals surface area contributed by atoms with Crippen LogP contribution in [0.25, 0.3) is 11.1 Å². The molecule has 88 valence electrons. The molecule has 0 radical (unpaired) electrons. The number of hydrogen-bond acceptors (Lipinski definition) is 3. The van der Waals surface area contributed by atoms with E-state index in [9.17, 15) is 8.42 Å². The average Bonchev–Trinajstić information content (AvgIpc) is 2.28. The number of benzene rings is 2. The van der Waals surface area contributed by atoms with Gasteiger partial charge in [-0.05, 0) is 23.8 Å². The first-order valence-corrected chi connectivity index (χ1v) is 6.35. The number of nitrogen functional groups attached to an aromatic ring is 1. The van der Waals surface area contributed by atoms with Crippen molar-refractivity contribution in [1.29, 1.82) is 0 Å². The van der Waals surface area contributed by atoms with Crippen molar-refractivity contribution in [3.8, 4) is 11.1 Å². The highest BCUT2D eigenvalue weighted by Gasteiger charge is 2.16. The van der Waals surface area contributed by atoms with Crippen LogP contribution < -0.4 is 5.73 Å². The minimum Gasteiger partial charge on any atom is -0.399 e. The SMILES string of the molecule is Nc1ccc(S(=O)(=O)O)c(-c2ccccc2)c1. The summed E-state index contributed by atoms with van der Waals surface area (Å²) in [5, 5.41) is 0. The molecule has 0 spiro atoms. The maximum Gasteiger partial charge on any atom is 0.295 e. The molecule has 3 N–H and O–H groups in total. The van der Waals surface area contributed by atoms with Crippen LogP contribution in [-0.2, 0) is 10.1 Å². The molecular formula is C12H11NO3S. The predicted octanol–water partition coefficient (Wildman–Crippen LogP) is 2.18. The molecule has 0 aliphatic heterocycles. The average molecular weight is 249 g/mol. The van der Waals surface area contributed by atoms with Crippen molar-refractivity contribution in [2.24, 2.45) is 0 Å². The molecule has 0 fully saturated rings.